The van der Waals surface area contributed by atoms with Crippen LogP contribution in [0.2, 0.25) is 0 Å². The van der Waals surface area contributed by atoms with E-state index >= 15 is 0 Å². The first-order valence-corrected chi connectivity index (χ1v) is 6.88. The minimum atomic E-state index is 0.646. The summed E-state index contributed by atoms with van der Waals surface area (Å²) in [7, 11) is 2.16. The van der Waals surface area contributed by atoms with Crippen LogP contribution in [0.15, 0.2) is 18.2 Å². The topological polar surface area (TPSA) is 16.1 Å². The molecule has 0 radical (unpaired) electrons. The average Bonchev–Trinajstić information content (AvgIpc) is 2.25. The van der Waals surface area contributed by atoms with Gasteiger partial charge in [0.15, 0.2) is 0 Å². The number of rotatable bonds is 6. The fraction of sp³-hybridized carbons (Fsp3) is 0.643. The SMILES string of the molecule is Cc1cccc(CN(C)CC(CS)C(C)C)n1. The van der Waals surface area contributed by atoms with Crippen LogP contribution in [-0.2, 0) is 6.54 Å². The lowest BCUT2D eigenvalue weighted by atomic mass is 9.97. The van der Waals surface area contributed by atoms with Gasteiger partial charge in [0.2, 0.25) is 0 Å². The molecule has 3 heteroatoms. The first-order valence-electron chi connectivity index (χ1n) is 6.25. The van der Waals surface area contributed by atoms with Crippen molar-refractivity contribution in [2.24, 2.45) is 11.8 Å². The number of nitrogens with zero attached hydrogens (tertiary/aromatic N) is 2. The first kappa shape index (κ1) is 14.5. The van der Waals surface area contributed by atoms with Gasteiger partial charge in [-0.3, -0.25) is 4.98 Å². The fourth-order valence-electron chi connectivity index (χ4n) is 1.91. The predicted octanol–water partition coefficient (Wildman–Crippen LogP) is 3.02. The minimum absolute atomic E-state index is 0.646. The minimum Gasteiger partial charge on any atom is -0.300 e. The number of hydrogen-bond donors (Lipinski definition) is 1. The van der Waals surface area contributed by atoms with E-state index < -0.39 is 0 Å². The van der Waals surface area contributed by atoms with Crippen LogP contribution in [0, 0.1) is 18.8 Å². The molecule has 2 nitrogen and oxygen atoms in total. The normalized spacial score (nSPS) is 13.4. The van der Waals surface area contributed by atoms with Crippen LogP contribution in [0.4, 0.5) is 0 Å². The zero-order chi connectivity index (χ0) is 12.8. The summed E-state index contributed by atoms with van der Waals surface area (Å²) in [4.78, 5) is 6.87. The van der Waals surface area contributed by atoms with Crippen LogP contribution >= 0.6 is 12.6 Å². The van der Waals surface area contributed by atoms with E-state index in [4.69, 9.17) is 0 Å². The van der Waals surface area contributed by atoms with Crippen LogP contribution in [-0.4, -0.2) is 29.2 Å². The smallest absolute Gasteiger partial charge is 0.0547 e. The molecule has 1 rings (SSSR count). The van der Waals surface area contributed by atoms with Crippen molar-refractivity contribution >= 4 is 12.6 Å². The molecule has 17 heavy (non-hydrogen) atoms. The number of aryl methyl sites for hydroxylation is 1. The van der Waals surface area contributed by atoms with Gasteiger partial charge in [0, 0.05) is 18.8 Å². The molecule has 0 bridgehead atoms. The van der Waals surface area contributed by atoms with E-state index in [-0.39, 0.29) is 0 Å². The van der Waals surface area contributed by atoms with Gasteiger partial charge in [0.05, 0.1) is 5.69 Å². The van der Waals surface area contributed by atoms with Crippen molar-refractivity contribution in [1.82, 2.24) is 9.88 Å². The van der Waals surface area contributed by atoms with Crippen LogP contribution in [0.3, 0.4) is 0 Å². The molecule has 0 saturated carbocycles. The Morgan fingerprint density at radius 2 is 2.06 bits per heavy atom. The maximum atomic E-state index is 4.53. The van der Waals surface area contributed by atoms with Gasteiger partial charge in [0.1, 0.15) is 0 Å². The monoisotopic (exact) mass is 252 g/mol. The first-order chi connectivity index (χ1) is 8.02. The lowest BCUT2D eigenvalue weighted by Gasteiger charge is -2.25. The van der Waals surface area contributed by atoms with E-state index in [9.17, 15) is 0 Å². The van der Waals surface area contributed by atoms with E-state index in [1.807, 2.05) is 13.0 Å². The van der Waals surface area contributed by atoms with Gasteiger partial charge in [-0.1, -0.05) is 19.9 Å². The standard InChI is InChI=1S/C14H24N2S/c1-11(2)13(10-17)8-16(4)9-14-7-5-6-12(3)15-14/h5-7,11,13,17H,8-10H2,1-4H3. The van der Waals surface area contributed by atoms with E-state index in [0.29, 0.717) is 11.8 Å². The van der Waals surface area contributed by atoms with Crippen molar-refractivity contribution in [3.05, 3.63) is 29.6 Å². The highest BCUT2D eigenvalue weighted by Crippen LogP contribution is 2.14. The quantitative estimate of drug-likeness (QED) is 0.783. The Kier molecular flexibility index (Phi) is 6.00. The summed E-state index contributed by atoms with van der Waals surface area (Å²) < 4.78 is 0. The molecule has 0 aliphatic heterocycles. The molecule has 0 fully saturated rings. The number of thiol groups is 1. The number of aromatic nitrogens is 1. The van der Waals surface area contributed by atoms with Crippen molar-refractivity contribution in [3.8, 4) is 0 Å². The molecule has 1 aromatic rings. The van der Waals surface area contributed by atoms with Gasteiger partial charge in [0.25, 0.3) is 0 Å². The van der Waals surface area contributed by atoms with Gasteiger partial charge in [-0.05, 0) is 43.7 Å². The third-order valence-electron chi connectivity index (χ3n) is 3.10. The van der Waals surface area contributed by atoms with Gasteiger partial charge in [-0.2, -0.15) is 12.6 Å². The van der Waals surface area contributed by atoms with E-state index in [1.54, 1.807) is 0 Å². The van der Waals surface area contributed by atoms with Crippen LogP contribution in [0.25, 0.3) is 0 Å². The lowest BCUT2D eigenvalue weighted by molar-refractivity contribution is 0.244. The Hall–Kier alpha value is -0.540. The molecule has 1 heterocycles. The largest absolute Gasteiger partial charge is 0.300 e. The summed E-state index contributed by atoms with van der Waals surface area (Å²) >= 11 is 4.43. The third kappa shape index (κ3) is 5.09. The van der Waals surface area contributed by atoms with Crippen molar-refractivity contribution in [2.75, 3.05) is 19.3 Å². The van der Waals surface area contributed by atoms with E-state index in [1.165, 1.54) is 0 Å². The predicted molar refractivity (Wildman–Crippen MR) is 77.5 cm³/mol. The second-order valence-electron chi connectivity index (χ2n) is 5.15. The Labute approximate surface area is 111 Å². The highest BCUT2D eigenvalue weighted by atomic mass is 32.1. The maximum absolute atomic E-state index is 4.53. The van der Waals surface area contributed by atoms with Crippen LogP contribution in [0.5, 0.6) is 0 Å². The highest BCUT2D eigenvalue weighted by Gasteiger charge is 2.14. The Morgan fingerprint density at radius 3 is 2.59 bits per heavy atom. The molecule has 0 aliphatic rings. The average molecular weight is 252 g/mol. The number of pyridine rings is 1. The molecular weight excluding hydrogens is 228 g/mol. The molecular formula is C14H24N2S. The summed E-state index contributed by atoms with van der Waals surface area (Å²) in [6.07, 6.45) is 0. The summed E-state index contributed by atoms with van der Waals surface area (Å²) in [5.41, 5.74) is 2.24. The summed E-state index contributed by atoms with van der Waals surface area (Å²) in [5, 5.41) is 0. The molecule has 1 atom stereocenters. The maximum Gasteiger partial charge on any atom is 0.0547 e. The highest BCUT2D eigenvalue weighted by molar-refractivity contribution is 7.80. The lowest BCUT2D eigenvalue weighted by Crippen LogP contribution is -2.29. The Balaban J connectivity index is 2.51. The molecule has 1 aromatic heterocycles. The summed E-state index contributed by atoms with van der Waals surface area (Å²) in [6, 6.07) is 6.20. The van der Waals surface area contributed by atoms with E-state index in [2.05, 4.69) is 55.5 Å². The zero-order valence-electron chi connectivity index (χ0n) is 11.3. The molecule has 0 amide bonds. The van der Waals surface area contributed by atoms with Crippen molar-refractivity contribution < 1.29 is 0 Å². The molecule has 0 spiro atoms. The fourth-order valence-corrected chi connectivity index (χ4v) is 2.45. The van der Waals surface area contributed by atoms with Gasteiger partial charge >= 0.3 is 0 Å². The van der Waals surface area contributed by atoms with Gasteiger partial charge in [-0.25, -0.2) is 0 Å². The summed E-state index contributed by atoms with van der Waals surface area (Å²) in [5.74, 6) is 2.28. The molecule has 1 unspecified atom stereocenters. The Bertz CT molecular complexity index is 339. The molecule has 0 saturated heterocycles. The summed E-state index contributed by atoms with van der Waals surface area (Å²) in [6.45, 7) is 8.56. The third-order valence-corrected chi connectivity index (χ3v) is 3.57. The van der Waals surface area contributed by atoms with Gasteiger partial charge in [-0.15, -0.1) is 0 Å². The van der Waals surface area contributed by atoms with Crippen LogP contribution < -0.4 is 0 Å². The molecule has 0 N–H and O–H groups in total. The van der Waals surface area contributed by atoms with Crippen LogP contribution in [0.1, 0.15) is 25.2 Å². The Morgan fingerprint density at radius 1 is 1.35 bits per heavy atom. The zero-order valence-corrected chi connectivity index (χ0v) is 12.2. The van der Waals surface area contributed by atoms with Gasteiger partial charge < -0.3 is 4.90 Å². The molecule has 0 aromatic carbocycles. The number of hydrogen-bond acceptors (Lipinski definition) is 3. The molecule has 0 aliphatic carbocycles. The van der Waals surface area contributed by atoms with Crippen molar-refractivity contribution in [3.63, 3.8) is 0 Å². The molecule has 96 valence electrons. The van der Waals surface area contributed by atoms with E-state index in [0.717, 1.165) is 30.2 Å². The van der Waals surface area contributed by atoms with Crippen molar-refractivity contribution in [2.45, 2.75) is 27.3 Å². The second-order valence-corrected chi connectivity index (χ2v) is 5.52. The van der Waals surface area contributed by atoms with Crippen molar-refractivity contribution in [1.29, 1.82) is 0 Å². The second kappa shape index (κ2) is 7.02.